The van der Waals surface area contributed by atoms with E-state index in [4.69, 9.17) is 14.7 Å². The van der Waals surface area contributed by atoms with E-state index in [2.05, 4.69) is 11.4 Å². The van der Waals surface area contributed by atoms with Gasteiger partial charge in [-0.2, -0.15) is 5.26 Å². The number of anilines is 1. The first-order valence-electron chi connectivity index (χ1n) is 8.62. The number of nitrogens with one attached hydrogen (secondary N) is 1. The number of hydrogen-bond acceptors (Lipinski definition) is 5. The number of hydrogen-bond donors (Lipinski definition) is 1. The maximum atomic E-state index is 12.6. The monoisotopic (exact) mass is 367 g/mol. The lowest BCUT2D eigenvalue weighted by Gasteiger charge is -2.25. The Labute approximate surface area is 160 Å². The number of aryl methyl sites for hydroxylation is 1. The molecule has 1 N–H and O–H groups in total. The first kappa shape index (κ1) is 20.3. The van der Waals surface area contributed by atoms with Crippen LogP contribution < -0.4 is 14.8 Å². The summed E-state index contributed by atoms with van der Waals surface area (Å²) in [5.74, 6) is 1.22. The average molecular weight is 367 g/mol. The second-order valence-corrected chi connectivity index (χ2v) is 6.41. The molecule has 0 unspecified atom stereocenters. The maximum Gasteiger partial charge on any atom is 0.241 e. The Morgan fingerprint density at radius 2 is 1.89 bits per heavy atom. The fourth-order valence-corrected chi connectivity index (χ4v) is 2.71. The molecule has 0 radical (unpaired) electrons. The lowest BCUT2D eigenvalue weighted by molar-refractivity contribution is -0.120. The number of rotatable bonds is 7. The van der Waals surface area contributed by atoms with E-state index in [0.717, 1.165) is 11.1 Å². The second kappa shape index (κ2) is 9.06. The lowest BCUT2D eigenvalue weighted by Crippen LogP contribution is -2.39. The summed E-state index contributed by atoms with van der Waals surface area (Å²) in [5.41, 5.74) is 3.24. The third-order valence-corrected chi connectivity index (χ3v) is 4.56. The van der Waals surface area contributed by atoms with E-state index in [1.165, 1.54) is 0 Å². The Morgan fingerprint density at radius 3 is 2.52 bits per heavy atom. The van der Waals surface area contributed by atoms with Crippen molar-refractivity contribution in [2.75, 3.05) is 26.6 Å². The molecular formula is C21H25N3O3. The molecule has 6 heteroatoms. The van der Waals surface area contributed by atoms with Gasteiger partial charge in [0.1, 0.15) is 0 Å². The smallest absolute Gasteiger partial charge is 0.241 e. The maximum absolute atomic E-state index is 12.6. The average Bonchev–Trinajstić information content (AvgIpc) is 2.68. The third kappa shape index (κ3) is 4.99. The third-order valence-electron chi connectivity index (χ3n) is 4.56. The van der Waals surface area contributed by atoms with E-state index in [1.54, 1.807) is 38.5 Å². The number of amides is 1. The minimum Gasteiger partial charge on any atom is -0.493 e. The molecule has 2 rings (SSSR count). The molecule has 0 aliphatic carbocycles. The molecule has 6 nitrogen and oxygen atoms in total. The van der Waals surface area contributed by atoms with Crippen LogP contribution in [0, 0.1) is 18.3 Å². The molecule has 1 amide bonds. The van der Waals surface area contributed by atoms with Crippen molar-refractivity contribution in [1.29, 1.82) is 5.26 Å². The number of methoxy groups -OCH3 is 2. The van der Waals surface area contributed by atoms with E-state index >= 15 is 0 Å². The van der Waals surface area contributed by atoms with Gasteiger partial charge in [0.15, 0.2) is 11.5 Å². The summed E-state index contributed by atoms with van der Waals surface area (Å²) in [6, 6.07) is 12.4. The molecule has 142 valence electrons. The van der Waals surface area contributed by atoms with Crippen LogP contribution in [-0.2, 0) is 11.3 Å². The normalized spacial score (nSPS) is 11.6. The predicted octanol–water partition coefficient (Wildman–Crippen LogP) is 3.34. The molecule has 2 aromatic rings. The van der Waals surface area contributed by atoms with Crippen molar-refractivity contribution in [2.45, 2.75) is 26.4 Å². The first-order valence-corrected chi connectivity index (χ1v) is 8.62. The van der Waals surface area contributed by atoms with Crippen molar-refractivity contribution in [1.82, 2.24) is 4.90 Å². The van der Waals surface area contributed by atoms with Crippen LogP contribution in [0.25, 0.3) is 0 Å². The molecule has 0 aliphatic heterocycles. The SMILES string of the molecule is COc1cc(C)c(CN(C)[C@@H](C)C(=O)Nc2cccc(C#N)c2)cc1OC. The van der Waals surface area contributed by atoms with Gasteiger partial charge in [-0.1, -0.05) is 6.07 Å². The summed E-state index contributed by atoms with van der Waals surface area (Å²) in [7, 11) is 5.11. The van der Waals surface area contributed by atoms with Gasteiger partial charge in [-0.3, -0.25) is 9.69 Å². The first-order chi connectivity index (χ1) is 12.9. The van der Waals surface area contributed by atoms with Crippen LogP contribution in [0.1, 0.15) is 23.6 Å². The minimum absolute atomic E-state index is 0.134. The van der Waals surface area contributed by atoms with Crippen LogP contribution in [0.4, 0.5) is 5.69 Å². The molecule has 0 saturated heterocycles. The van der Waals surface area contributed by atoms with Crippen LogP contribution in [0.3, 0.4) is 0 Å². The summed E-state index contributed by atoms with van der Waals surface area (Å²) >= 11 is 0. The van der Waals surface area contributed by atoms with Gasteiger partial charge in [0.05, 0.1) is 31.9 Å². The summed E-state index contributed by atoms with van der Waals surface area (Å²) in [4.78, 5) is 14.5. The molecule has 1 atom stereocenters. The predicted molar refractivity (Wildman–Crippen MR) is 105 cm³/mol. The zero-order valence-electron chi connectivity index (χ0n) is 16.4. The van der Waals surface area contributed by atoms with Crippen LogP contribution in [-0.4, -0.2) is 38.1 Å². The van der Waals surface area contributed by atoms with Gasteiger partial charge < -0.3 is 14.8 Å². The van der Waals surface area contributed by atoms with Crippen molar-refractivity contribution < 1.29 is 14.3 Å². The van der Waals surface area contributed by atoms with E-state index in [1.807, 2.05) is 37.9 Å². The molecule has 0 heterocycles. The van der Waals surface area contributed by atoms with Crippen LogP contribution in [0.2, 0.25) is 0 Å². The fraction of sp³-hybridized carbons (Fsp3) is 0.333. The van der Waals surface area contributed by atoms with Gasteiger partial charge in [0, 0.05) is 12.2 Å². The number of likely N-dealkylation sites (N-methyl/N-ethyl adjacent to an activating group) is 1. The van der Waals surface area contributed by atoms with Crippen molar-refractivity contribution in [3.8, 4) is 17.6 Å². The highest BCUT2D eigenvalue weighted by Gasteiger charge is 2.20. The Kier molecular flexibility index (Phi) is 6.80. The Morgan fingerprint density at radius 1 is 1.22 bits per heavy atom. The number of nitrogens with zero attached hydrogens (tertiary/aromatic N) is 2. The van der Waals surface area contributed by atoms with E-state index in [9.17, 15) is 4.79 Å². The highest BCUT2D eigenvalue weighted by Crippen LogP contribution is 2.30. The van der Waals surface area contributed by atoms with Gasteiger partial charge >= 0.3 is 0 Å². The molecule has 0 aromatic heterocycles. The summed E-state index contributed by atoms with van der Waals surface area (Å²) < 4.78 is 10.7. The second-order valence-electron chi connectivity index (χ2n) is 6.41. The molecule has 2 aromatic carbocycles. The number of nitriles is 1. The van der Waals surface area contributed by atoms with Crippen molar-refractivity contribution >= 4 is 11.6 Å². The molecular weight excluding hydrogens is 342 g/mol. The van der Waals surface area contributed by atoms with E-state index in [-0.39, 0.29) is 11.9 Å². The highest BCUT2D eigenvalue weighted by molar-refractivity contribution is 5.94. The van der Waals surface area contributed by atoms with Crippen LogP contribution in [0.15, 0.2) is 36.4 Å². The summed E-state index contributed by atoms with van der Waals surface area (Å²) in [6.45, 7) is 4.43. The molecule has 0 spiro atoms. The summed E-state index contributed by atoms with van der Waals surface area (Å²) in [6.07, 6.45) is 0. The largest absolute Gasteiger partial charge is 0.493 e. The van der Waals surface area contributed by atoms with Gasteiger partial charge in [0.25, 0.3) is 0 Å². The topological polar surface area (TPSA) is 74.6 Å². The zero-order valence-corrected chi connectivity index (χ0v) is 16.4. The standard InChI is InChI=1S/C21H25N3O3/c1-14-9-19(26-4)20(27-5)11-17(14)13-24(3)15(2)21(25)23-18-8-6-7-16(10-18)12-22/h6-11,15H,13H2,1-5H3,(H,23,25)/t15-/m0/s1. The molecule has 0 fully saturated rings. The van der Waals surface area contributed by atoms with Crippen molar-refractivity contribution in [3.05, 3.63) is 53.1 Å². The van der Waals surface area contributed by atoms with Crippen LogP contribution >= 0.6 is 0 Å². The van der Waals surface area contributed by atoms with Gasteiger partial charge in [0.2, 0.25) is 5.91 Å². The number of carbonyl (C=O) groups excluding carboxylic acids is 1. The fourth-order valence-electron chi connectivity index (χ4n) is 2.71. The number of benzene rings is 2. The van der Waals surface area contributed by atoms with Crippen molar-refractivity contribution in [2.24, 2.45) is 0 Å². The van der Waals surface area contributed by atoms with Crippen LogP contribution in [0.5, 0.6) is 11.5 Å². The molecule has 0 aliphatic rings. The van der Waals surface area contributed by atoms with Gasteiger partial charge in [-0.15, -0.1) is 0 Å². The Balaban J connectivity index is 2.09. The van der Waals surface area contributed by atoms with E-state index < -0.39 is 0 Å². The Bertz CT molecular complexity index is 858. The van der Waals surface area contributed by atoms with E-state index in [0.29, 0.717) is 29.3 Å². The number of carbonyl (C=O) groups is 1. The van der Waals surface area contributed by atoms with Crippen molar-refractivity contribution in [3.63, 3.8) is 0 Å². The summed E-state index contributed by atoms with van der Waals surface area (Å²) in [5, 5.41) is 11.8. The quantitative estimate of drug-likeness (QED) is 0.812. The van der Waals surface area contributed by atoms with Gasteiger partial charge in [-0.25, -0.2) is 0 Å². The highest BCUT2D eigenvalue weighted by atomic mass is 16.5. The molecule has 0 bridgehead atoms. The van der Waals surface area contributed by atoms with Gasteiger partial charge in [-0.05, 0) is 62.4 Å². The molecule has 0 saturated carbocycles. The zero-order chi connectivity index (χ0) is 20.0. The Hall–Kier alpha value is -3.04. The minimum atomic E-state index is -0.358. The lowest BCUT2D eigenvalue weighted by atomic mass is 10.1. The molecule has 27 heavy (non-hydrogen) atoms. The number of ether oxygens (including phenoxy) is 2.